The number of likely N-dealkylation sites (tertiary alicyclic amines) is 1. The average molecular weight is 344 g/mol. The molecule has 24 heavy (non-hydrogen) atoms. The van der Waals surface area contributed by atoms with Crippen LogP contribution >= 0.6 is 10.0 Å². The molecule has 0 saturated carbocycles. The predicted octanol–water partition coefficient (Wildman–Crippen LogP) is 4.38. The van der Waals surface area contributed by atoms with Crippen molar-refractivity contribution < 1.29 is 5.11 Å². The summed E-state index contributed by atoms with van der Waals surface area (Å²) in [5.41, 5.74) is 0. The van der Waals surface area contributed by atoms with Crippen molar-refractivity contribution in [2.75, 3.05) is 25.6 Å². The molecule has 0 bridgehead atoms. The van der Waals surface area contributed by atoms with Gasteiger partial charge in [-0.15, -0.1) is 0 Å². The van der Waals surface area contributed by atoms with E-state index in [1.165, 1.54) is 22.6 Å². The van der Waals surface area contributed by atoms with Crippen molar-refractivity contribution in [2.24, 2.45) is 0 Å². The van der Waals surface area contributed by atoms with Crippen molar-refractivity contribution in [3.05, 3.63) is 60.7 Å². The Morgan fingerprint density at radius 1 is 1.00 bits per heavy atom. The van der Waals surface area contributed by atoms with Gasteiger partial charge < -0.3 is 10.0 Å². The summed E-state index contributed by atoms with van der Waals surface area (Å²) >= 11 is 0. The van der Waals surface area contributed by atoms with Crippen LogP contribution in [0.1, 0.15) is 19.3 Å². The molecule has 1 fully saturated rings. The molecule has 0 aromatic heterocycles. The van der Waals surface area contributed by atoms with Gasteiger partial charge in [0.25, 0.3) is 0 Å². The van der Waals surface area contributed by atoms with Gasteiger partial charge in [0, 0.05) is 11.8 Å². The Bertz CT molecular complexity index is 591. The number of piperidine rings is 1. The summed E-state index contributed by atoms with van der Waals surface area (Å²) < 4.78 is 0. The third-order valence-corrected chi connectivity index (χ3v) is 8.94. The second kappa shape index (κ2) is 7.73. The number of aliphatic hydroxyl groups is 1. The third kappa shape index (κ3) is 3.69. The Morgan fingerprint density at radius 2 is 1.54 bits per heavy atom. The number of likely N-dealkylation sites (N-methyl/N-ethyl adjacent to an activating group) is 1. The van der Waals surface area contributed by atoms with E-state index >= 15 is 0 Å². The normalized spacial score (nSPS) is 21.4. The highest BCUT2D eigenvalue weighted by molar-refractivity contribution is 8.33. The average Bonchev–Trinajstić information content (AvgIpc) is 2.63. The van der Waals surface area contributed by atoms with Gasteiger partial charge in [-0.05, 0) is 66.7 Å². The molecular weight excluding hydrogens is 314 g/mol. The van der Waals surface area contributed by atoms with Crippen LogP contribution in [-0.2, 0) is 0 Å². The minimum atomic E-state index is -1.25. The molecule has 2 aromatic carbocycles. The zero-order chi connectivity index (χ0) is 17.0. The molecule has 2 aromatic rings. The molecule has 1 N–H and O–H groups in total. The lowest BCUT2D eigenvalue weighted by Gasteiger charge is -2.43. The van der Waals surface area contributed by atoms with E-state index in [1.54, 1.807) is 0 Å². The highest BCUT2D eigenvalue weighted by Gasteiger charge is 2.32. The van der Waals surface area contributed by atoms with Crippen molar-refractivity contribution in [3.63, 3.8) is 0 Å². The number of rotatable bonds is 5. The first-order valence-corrected chi connectivity index (χ1v) is 11.1. The minimum Gasteiger partial charge on any atom is -0.391 e. The van der Waals surface area contributed by atoms with Crippen molar-refractivity contribution in [2.45, 2.75) is 41.2 Å². The van der Waals surface area contributed by atoms with Gasteiger partial charge in [0.1, 0.15) is 0 Å². The SMILES string of the molecule is CN1CCCC[C@H]1[C@H](O)CS(C)(c1ccccc1)c1ccccc1. The Kier molecular flexibility index (Phi) is 5.65. The quantitative estimate of drug-likeness (QED) is 0.870. The predicted molar refractivity (Wildman–Crippen MR) is 104 cm³/mol. The van der Waals surface area contributed by atoms with E-state index < -0.39 is 10.0 Å². The van der Waals surface area contributed by atoms with Gasteiger partial charge in [-0.25, -0.2) is 0 Å². The van der Waals surface area contributed by atoms with E-state index in [0.717, 1.165) is 18.7 Å². The van der Waals surface area contributed by atoms with Gasteiger partial charge in [-0.3, -0.25) is 0 Å². The zero-order valence-electron chi connectivity index (χ0n) is 14.8. The summed E-state index contributed by atoms with van der Waals surface area (Å²) in [5, 5.41) is 11.1. The van der Waals surface area contributed by atoms with Gasteiger partial charge >= 0.3 is 0 Å². The highest BCUT2D eigenvalue weighted by Crippen LogP contribution is 2.60. The number of aliphatic hydroxyl groups excluding tert-OH is 1. The van der Waals surface area contributed by atoms with Crippen LogP contribution in [0, 0.1) is 0 Å². The Labute approximate surface area is 147 Å². The van der Waals surface area contributed by atoms with Crippen LogP contribution in [0.5, 0.6) is 0 Å². The maximum atomic E-state index is 11.1. The van der Waals surface area contributed by atoms with E-state index in [0.29, 0.717) is 0 Å². The maximum absolute atomic E-state index is 11.1. The van der Waals surface area contributed by atoms with E-state index in [9.17, 15) is 5.11 Å². The van der Waals surface area contributed by atoms with E-state index in [1.807, 2.05) is 0 Å². The topological polar surface area (TPSA) is 23.5 Å². The molecule has 0 amide bonds. The van der Waals surface area contributed by atoms with Gasteiger partial charge in [-0.2, -0.15) is 10.0 Å². The van der Waals surface area contributed by atoms with Gasteiger partial charge in [-0.1, -0.05) is 42.8 Å². The van der Waals surface area contributed by atoms with Crippen LogP contribution in [0.2, 0.25) is 0 Å². The monoisotopic (exact) mass is 343 g/mol. The van der Waals surface area contributed by atoms with E-state index in [-0.39, 0.29) is 12.1 Å². The second-order valence-corrected chi connectivity index (χ2v) is 10.4. The third-order valence-electron chi connectivity index (χ3n) is 5.30. The molecule has 0 radical (unpaired) electrons. The summed E-state index contributed by atoms with van der Waals surface area (Å²) in [6, 6.07) is 21.8. The number of nitrogens with zero attached hydrogens (tertiary/aromatic N) is 1. The van der Waals surface area contributed by atoms with E-state index in [4.69, 9.17) is 0 Å². The summed E-state index contributed by atoms with van der Waals surface area (Å²) in [7, 11) is 0.912. The Morgan fingerprint density at radius 3 is 2.04 bits per heavy atom. The standard InChI is InChI=1S/C21H29NOS/c1-22-16-10-9-15-20(22)21(23)17-24(2,18-11-5-3-6-12-18)19-13-7-4-8-14-19/h3-8,11-14,20-21,23H,9-10,15-17H2,1-2H3/t20-,21+/m0/s1. The Balaban J connectivity index is 1.91. The molecule has 3 rings (SSSR count). The molecule has 1 saturated heterocycles. The lowest BCUT2D eigenvalue weighted by molar-refractivity contribution is 0.0554. The van der Waals surface area contributed by atoms with Crippen LogP contribution in [0.15, 0.2) is 70.5 Å². The molecular formula is C21H29NOS. The first-order valence-electron chi connectivity index (χ1n) is 8.86. The molecule has 1 heterocycles. The van der Waals surface area contributed by atoms with Crippen molar-refractivity contribution in [3.8, 4) is 0 Å². The molecule has 3 heteroatoms. The van der Waals surface area contributed by atoms with E-state index in [2.05, 4.69) is 78.9 Å². The molecule has 1 aliphatic rings. The summed E-state index contributed by atoms with van der Waals surface area (Å²) in [6.07, 6.45) is 5.66. The largest absolute Gasteiger partial charge is 0.391 e. The molecule has 0 aliphatic carbocycles. The lowest BCUT2D eigenvalue weighted by atomic mass is 9.99. The first-order chi connectivity index (χ1) is 11.6. The molecule has 130 valence electrons. The molecule has 2 nitrogen and oxygen atoms in total. The lowest BCUT2D eigenvalue weighted by Crippen LogP contribution is -2.46. The van der Waals surface area contributed by atoms with Gasteiger partial charge in [0.2, 0.25) is 0 Å². The Hall–Kier alpha value is -1.29. The number of hydrogen-bond donors (Lipinski definition) is 1. The van der Waals surface area contributed by atoms with Crippen LogP contribution in [0.4, 0.5) is 0 Å². The smallest absolute Gasteiger partial charge is 0.0777 e. The number of benzene rings is 2. The number of hydrogen-bond acceptors (Lipinski definition) is 2. The maximum Gasteiger partial charge on any atom is 0.0777 e. The van der Waals surface area contributed by atoms with Crippen LogP contribution in [0.3, 0.4) is 0 Å². The van der Waals surface area contributed by atoms with Gasteiger partial charge in [0.05, 0.1) is 6.10 Å². The molecule has 2 atom stereocenters. The molecule has 0 unspecified atom stereocenters. The van der Waals surface area contributed by atoms with Crippen molar-refractivity contribution >= 4 is 10.0 Å². The minimum absolute atomic E-state index is 0.282. The van der Waals surface area contributed by atoms with Crippen molar-refractivity contribution in [1.29, 1.82) is 0 Å². The van der Waals surface area contributed by atoms with Crippen LogP contribution in [0.25, 0.3) is 0 Å². The zero-order valence-corrected chi connectivity index (χ0v) is 15.6. The summed E-state index contributed by atoms with van der Waals surface area (Å²) in [6.45, 7) is 1.10. The van der Waals surface area contributed by atoms with Gasteiger partial charge in [0.15, 0.2) is 0 Å². The summed E-state index contributed by atoms with van der Waals surface area (Å²) in [5.74, 6) is 0.829. The molecule has 0 spiro atoms. The fraction of sp³-hybridized carbons (Fsp3) is 0.429. The second-order valence-electron chi connectivity index (χ2n) is 6.99. The summed E-state index contributed by atoms with van der Waals surface area (Å²) in [4.78, 5) is 5.06. The molecule has 1 aliphatic heterocycles. The fourth-order valence-electron chi connectivity index (χ4n) is 3.81. The first kappa shape index (κ1) is 17.5. The van der Waals surface area contributed by atoms with Crippen LogP contribution in [-0.4, -0.2) is 47.8 Å². The van der Waals surface area contributed by atoms with Crippen LogP contribution < -0.4 is 0 Å². The highest BCUT2D eigenvalue weighted by atomic mass is 32.3. The van der Waals surface area contributed by atoms with Crippen molar-refractivity contribution in [1.82, 2.24) is 4.90 Å². The fourth-order valence-corrected chi connectivity index (χ4v) is 6.89.